The summed E-state index contributed by atoms with van der Waals surface area (Å²) in [6.45, 7) is 1.09. The number of carbonyl (C=O) groups excluding carboxylic acids is 1. The molecule has 0 unspecified atom stereocenters. The van der Waals surface area contributed by atoms with Crippen molar-refractivity contribution in [2.24, 2.45) is 0 Å². The first-order valence-corrected chi connectivity index (χ1v) is 8.22. The zero-order valence-electron chi connectivity index (χ0n) is 14.4. The van der Waals surface area contributed by atoms with Gasteiger partial charge in [-0.25, -0.2) is 0 Å². The molecule has 0 aliphatic carbocycles. The molecule has 0 fully saturated rings. The van der Waals surface area contributed by atoms with Gasteiger partial charge in [0.05, 0.1) is 24.8 Å². The van der Waals surface area contributed by atoms with Gasteiger partial charge in [0.15, 0.2) is 6.61 Å². The number of nitrogens with one attached hydrogen (secondary N) is 1. The molecule has 0 saturated carbocycles. The van der Waals surface area contributed by atoms with Gasteiger partial charge in [0.2, 0.25) is 0 Å². The van der Waals surface area contributed by atoms with Crippen molar-refractivity contribution >= 4 is 16.7 Å². The summed E-state index contributed by atoms with van der Waals surface area (Å²) in [5, 5.41) is 3.92. The zero-order valence-corrected chi connectivity index (χ0v) is 14.4. The van der Waals surface area contributed by atoms with Crippen LogP contribution in [0.3, 0.4) is 0 Å². The van der Waals surface area contributed by atoms with Gasteiger partial charge in [-0.3, -0.25) is 9.59 Å². The van der Waals surface area contributed by atoms with Crippen LogP contribution in [0.15, 0.2) is 58.1 Å². The van der Waals surface area contributed by atoms with Crippen LogP contribution in [-0.2, 0) is 22.6 Å². The first-order chi connectivity index (χ1) is 12.7. The van der Waals surface area contributed by atoms with Crippen molar-refractivity contribution in [2.45, 2.75) is 13.1 Å². The van der Waals surface area contributed by atoms with Crippen molar-refractivity contribution < 1.29 is 18.7 Å². The number of aromatic nitrogens is 1. The molecule has 0 radical (unpaired) electrons. The van der Waals surface area contributed by atoms with E-state index in [0.29, 0.717) is 42.0 Å². The standard InChI is InChI=1S/C19H20N2O5/c1-24-11-9-21-8-7-15-16(19(21)23)5-2-6-17(15)26-13-18(22)20-12-14-4-3-10-25-14/h2-8,10H,9,11-13H2,1H3,(H,20,22). The van der Waals surface area contributed by atoms with Gasteiger partial charge in [-0.2, -0.15) is 0 Å². The van der Waals surface area contributed by atoms with Crippen molar-refractivity contribution in [3.05, 3.63) is 65.0 Å². The molecule has 1 N–H and O–H groups in total. The van der Waals surface area contributed by atoms with Crippen LogP contribution in [0.1, 0.15) is 5.76 Å². The molecule has 2 heterocycles. The van der Waals surface area contributed by atoms with Gasteiger partial charge in [-0.1, -0.05) is 6.07 Å². The maximum Gasteiger partial charge on any atom is 0.258 e. The minimum atomic E-state index is -0.271. The van der Waals surface area contributed by atoms with E-state index in [1.807, 2.05) is 6.07 Å². The van der Waals surface area contributed by atoms with E-state index in [1.54, 1.807) is 54.5 Å². The molecule has 7 heteroatoms. The third-order valence-electron chi connectivity index (χ3n) is 3.91. The topological polar surface area (TPSA) is 82.7 Å². The van der Waals surface area contributed by atoms with E-state index in [2.05, 4.69) is 5.32 Å². The largest absolute Gasteiger partial charge is 0.483 e. The Morgan fingerprint density at radius 3 is 2.85 bits per heavy atom. The lowest BCUT2D eigenvalue weighted by molar-refractivity contribution is -0.123. The average Bonchev–Trinajstić information content (AvgIpc) is 3.18. The molecule has 0 saturated heterocycles. The van der Waals surface area contributed by atoms with E-state index in [9.17, 15) is 9.59 Å². The fraction of sp³-hybridized carbons (Fsp3) is 0.263. The molecule has 3 rings (SSSR count). The van der Waals surface area contributed by atoms with Crippen LogP contribution < -0.4 is 15.6 Å². The highest BCUT2D eigenvalue weighted by Gasteiger charge is 2.09. The molecular weight excluding hydrogens is 336 g/mol. The van der Waals surface area contributed by atoms with Crippen LogP contribution >= 0.6 is 0 Å². The normalized spacial score (nSPS) is 10.8. The molecule has 0 aliphatic rings. The monoisotopic (exact) mass is 356 g/mol. The number of fused-ring (bicyclic) bond motifs is 1. The fourth-order valence-corrected chi connectivity index (χ4v) is 2.57. The Labute approximate surface area is 150 Å². The van der Waals surface area contributed by atoms with Gasteiger partial charge in [-0.05, 0) is 30.3 Å². The van der Waals surface area contributed by atoms with Gasteiger partial charge in [-0.15, -0.1) is 0 Å². The number of benzene rings is 1. The Morgan fingerprint density at radius 2 is 2.08 bits per heavy atom. The van der Waals surface area contributed by atoms with E-state index >= 15 is 0 Å². The molecular formula is C19H20N2O5. The lowest BCUT2D eigenvalue weighted by Crippen LogP contribution is -2.28. The van der Waals surface area contributed by atoms with Crippen molar-refractivity contribution in [1.29, 1.82) is 0 Å². The van der Waals surface area contributed by atoms with E-state index in [1.165, 1.54) is 0 Å². The van der Waals surface area contributed by atoms with E-state index < -0.39 is 0 Å². The summed E-state index contributed by atoms with van der Waals surface area (Å²) < 4.78 is 17.4. The zero-order chi connectivity index (χ0) is 18.4. The van der Waals surface area contributed by atoms with E-state index in [4.69, 9.17) is 13.9 Å². The Bertz CT molecular complexity index is 931. The Balaban J connectivity index is 1.68. The number of pyridine rings is 1. The first-order valence-electron chi connectivity index (χ1n) is 8.22. The predicted molar refractivity (Wildman–Crippen MR) is 96.1 cm³/mol. The van der Waals surface area contributed by atoms with Crippen LogP contribution in [-0.4, -0.2) is 30.8 Å². The second kappa shape index (κ2) is 8.35. The summed E-state index contributed by atoms with van der Waals surface area (Å²) in [5.74, 6) is 0.888. The lowest BCUT2D eigenvalue weighted by atomic mass is 10.1. The first kappa shape index (κ1) is 17.8. The van der Waals surface area contributed by atoms with Crippen LogP contribution in [0.25, 0.3) is 10.8 Å². The maximum absolute atomic E-state index is 12.5. The molecule has 0 spiro atoms. The van der Waals surface area contributed by atoms with Crippen LogP contribution in [0, 0.1) is 0 Å². The minimum absolute atomic E-state index is 0.118. The minimum Gasteiger partial charge on any atom is -0.483 e. The summed E-state index contributed by atoms with van der Waals surface area (Å²) in [6.07, 6.45) is 3.25. The number of carbonyl (C=O) groups is 1. The molecule has 26 heavy (non-hydrogen) atoms. The maximum atomic E-state index is 12.5. The summed E-state index contributed by atoms with van der Waals surface area (Å²) in [7, 11) is 1.59. The molecule has 2 aromatic heterocycles. The fourth-order valence-electron chi connectivity index (χ4n) is 2.57. The Morgan fingerprint density at radius 1 is 1.19 bits per heavy atom. The molecule has 1 aromatic carbocycles. The molecule has 0 aliphatic heterocycles. The van der Waals surface area contributed by atoms with Crippen LogP contribution in [0.4, 0.5) is 0 Å². The van der Waals surface area contributed by atoms with Gasteiger partial charge in [0, 0.05) is 25.2 Å². The van der Waals surface area contributed by atoms with Gasteiger partial charge in [0.1, 0.15) is 11.5 Å². The number of rotatable bonds is 8. The summed E-state index contributed by atoms with van der Waals surface area (Å²) in [5.41, 5.74) is -0.118. The third-order valence-corrected chi connectivity index (χ3v) is 3.91. The number of methoxy groups -OCH3 is 1. The summed E-state index contributed by atoms with van der Waals surface area (Å²) >= 11 is 0. The van der Waals surface area contributed by atoms with E-state index in [0.717, 1.165) is 0 Å². The number of furan rings is 1. The predicted octanol–water partition coefficient (Wildman–Crippen LogP) is 1.94. The SMILES string of the molecule is COCCn1ccc2c(OCC(=O)NCc3ccco3)cccc2c1=O. The molecule has 1 amide bonds. The molecule has 0 bridgehead atoms. The third kappa shape index (κ3) is 4.12. The molecule has 136 valence electrons. The molecule has 3 aromatic rings. The highest BCUT2D eigenvalue weighted by molar-refractivity contribution is 5.88. The quantitative estimate of drug-likeness (QED) is 0.667. The highest BCUT2D eigenvalue weighted by atomic mass is 16.5. The van der Waals surface area contributed by atoms with Gasteiger partial charge >= 0.3 is 0 Å². The molecule has 0 atom stereocenters. The van der Waals surface area contributed by atoms with E-state index in [-0.39, 0.29) is 18.1 Å². The van der Waals surface area contributed by atoms with Gasteiger partial charge in [0.25, 0.3) is 11.5 Å². The number of hydrogen-bond acceptors (Lipinski definition) is 5. The highest BCUT2D eigenvalue weighted by Crippen LogP contribution is 2.23. The number of nitrogens with zero attached hydrogens (tertiary/aromatic N) is 1. The second-order valence-electron chi connectivity index (χ2n) is 5.67. The lowest BCUT2D eigenvalue weighted by Gasteiger charge is -2.11. The van der Waals surface area contributed by atoms with Crippen molar-refractivity contribution in [3.8, 4) is 5.75 Å². The number of hydrogen-bond donors (Lipinski definition) is 1. The van der Waals surface area contributed by atoms with Crippen molar-refractivity contribution in [1.82, 2.24) is 9.88 Å². The van der Waals surface area contributed by atoms with Crippen LogP contribution in [0.5, 0.6) is 5.75 Å². The molecule has 7 nitrogen and oxygen atoms in total. The van der Waals surface area contributed by atoms with Crippen molar-refractivity contribution in [3.63, 3.8) is 0 Å². The average molecular weight is 356 g/mol. The van der Waals surface area contributed by atoms with Gasteiger partial charge < -0.3 is 23.8 Å². The summed E-state index contributed by atoms with van der Waals surface area (Å²) in [6, 6.07) is 10.6. The van der Waals surface area contributed by atoms with Crippen molar-refractivity contribution in [2.75, 3.05) is 20.3 Å². The van der Waals surface area contributed by atoms with Crippen LogP contribution in [0.2, 0.25) is 0 Å². The summed E-state index contributed by atoms with van der Waals surface area (Å²) in [4.78, 5) is 24.5. The number of amides is 1. The second-order valence-corrected chi connectivity index (χ2v) is 5.67. The smallest absolute Gasteiger partial charge is 0.258 e. The Kier molecular flexibility index (Phi) is 5.70. The number of ether oxygens (including phenoxy) is 2. The Hall–Kier alpha value is -3.06.